The van der Waals surface area contributed by atoms with Crippen molar-refractivity contribution in [3.63, 3.8) is 0 Å². The molecule has 0 bridgehead atoms. The van der Waals surface area contributed by atoms with Gasteiger partial charge in [0.05, 0.1) is 13.2 Å². The Morgan fingerprint density at radius 2 is 1.71 bits per heavy atom. The molecule has 2 N–H and O–H groups in total. The van der Waals surface area contributed by atoms with Gasteiger partial charge in [-0.15, -0.1) is 0 Å². The van der Waals surface area contributed by atoms with E-state index in [0.717, 1.165) is 17.5 Å². The lowest BCUT2D eigenvalue weighted by atomic mass is 9.77. The van der Waals surface area contributed by atoms with Crippen LogP contribution in [0, 0.1) is 6.92 Å². The highest BCUT2D eigenvalue weighted by atomic mass is 16.3. The standard InChI is InChI=1S/C12H18O2/c1-3-12(8-13,9-14)11-7-5-4-6-10(11)2/h4-7,13-14H,3,8-9H2,1-2H3. The Hall–Kier alpha value is -0.860. The van der Waals surface area contributed by atoms with Gasteiger partial charge in [0.2, 0.25) is 0 Å². The second-order valence-electron chi connectivity index (χ2n) is 3.77. The molecule has 14 heavy (non-hydrogen) atoms. The second kappa shape index (κ2) is 4.58. The molecule has 0 amide bonds. The number of benzene rings is 1. The molecule has 0 saturated heterocycles. The summed E-state index contributed by atoms with van der Waals surface area (Å²) in [5.41, 5.74) is 1.69. The van der Waals surface area contributed by atoms with E-state index >= 15 is 0 Å². The van der Waals surface area contributed by atoms with Crippen LogP contribution < -0.4 is 0 Å². The van der Waals surface area contributed by atoms with E-state index in [1.54, 1.807) is 0 Å². The van der Waals surface area contributed by atoms with E-state index < -0.39 is 5.41 Å². The molecule has 0 atom stereocenters. The molecule has 2 nitrogen and oxygen atoms in total. The third-order valence-corrected chi connectivity index (χ3v) is 3.00. The lowest BCUT2D eigenvalue weighted by Crippen LogP contribution is -2.34. The van der Waals surface area contributed by atoms with Gasteiger partial charge in [-0.25, -0.2) is 0 Å². The van der Waals surface area contributed by atoms with Crippen LogP contribution in [0.1, 0.15) is 24.5 Å². The van der Waals surface area contributed by atoms with Gasteiger partial charge in [0, 0.05) is 5.41 Å². The minimum Gasteiger partial charge on any atom is -0.395 e. The van der Waals surface area contributed by atoms with Crippen molar-refractivity contribution in [2.45, 2.75) is 25.7 Å². The van der Waals surface area contributed by atoms with Crippen molar-refractivity contribution in [1.82, 2.24) is 0 Å². The quantitative estimate of drug-likeness (QED) is 0.764. The van der Waals surface area contributed by atoms with Crippen LogP contribution in [0.2, 0.25) is 0 Å². The van der Waals surface area contributed by atoms with Crippen LogP contribution in [0.4, 0.5) is 0 Å². The zero-order valence-electron chi connectivity index (χ0n) is 8.83. The first-order valence-corrected chi connectivity index (χ1v) is 4.98. The first-order chi connectivity index (χ1) is 6.70. The van der Waals surface area contributed by atoms with Crippen LogP contribution in [-0.4, -0.2) is 23.4 Å². The van der Waals surface area contributed by atoms with Gasteiger partial charge in [-0.3, -0.25) is 0 Å². The smallest absolute Gasteiger partial charge is 0.0550 e. The first-order valence-electron chi connectivity index (χ1n) is 4.98. The Kier molecular flexibility index (Phi) is 3.67. The van der Waals surface area contributed by atoms with E-state index in [2.05, 4.69) is 0 Å². The van der Waals surface area contributed by atoms with Crippen molar-refractivity contribution in [3.8, 4) is 0 Å². The van der Waals surface area contributed by atoms with Crippen LogP contribution in [0.15, 0.2) is 24.3 Å². The van der Waals surface area contributed by atoms with Crippen molar-refractivity contribution in [3.05, 3.63) is 35.4 Å². The van der Waals surface area contributed by atoms with Crippen LogP contribution in [0.3, 0.4) is 0 Å². The molecule has 0 saturated carbocycles. The summed E-state index contributed by atoms with van der Waals surface area (Å²) in [6, 6.07) is 7.89. The molecule has 2 heteroatoms. The Balaban J connectivity index is 3.17. The highest BCUT2D eigenvalue weighted by Gasteiger charge is 2.29. The van der Waals surface area contributed by atoms with Gasteiger partial charge in [-0.2, -0.15) is 0 Å². The average molecular weight is 194 g/mol. The van der Waals surface area contributed by atoms with Gasteiger partial charge in [0.1, 0.15) is 0 Å². The summed E-state index contributed by atoms with van der Waals surface area (Å²) in [4.78, 5) is 0. The first kappa shape index (κ1) is 11.2. The largest absolute Gasteiger partial charge is 0.395 e. The number of rotatable bonds is 4. The summed E-state index contributed by atoms with van der Waals surface area (Å²) in [6.07, 6.45) is 0.741. The predicted octanol–water partition coefficient (Wildman–Crippen LogP) is 1.63. The molecule has 0 aliphatic rings. The fourth-order valence-corrected chi connectivity index (χ4v) is 1.80. The van der Waals surface area contributed by atoms with Crippen LogP contribution >= 0.6 is 0 Å². The molecule has 0 fully saturated rings. The maximum absolute atomic E-state index is 9.39. The fraction of sp³-hybridized carbons (Fsp3) is 0.500. The lowest BCUT2D eigenvalue weighted by Gasteiger charge is -2.30. The Bertz CT molecular complexity index is 282. The normalized spacial score (nSPS) is 11.7. The predicted molar refractivity (Wildman–Crippen MR) is 57.3 cm³/mol. The van der Waals surface area contributed by atoms with Gasteiger partial charge >= 0.3 is 0 Å². The van der Waals surface area contributed by atoms with Gasteiger partial charge in [0.15, 0.2) is 0 Å². The van der Waals surface area contributed by atoms with E-state index in [4.69, 9.17) is 0 Å². The molecule has 1 aromatic rings. The van der Waals surface area contributed by atoms with Crippen LogP contribution in [-0.2, 0) is 5.41 Å². The summed E-state index contributed by atoms with van der Waals surface area (Å²) in [7, 11) is 0. The van der Waals surface area contributed by atoms with E-state index in [-0.39, 0.29) is 13.2 Å². The molecule has 0 heterocycles. The summed E-state index contributed by atoms with van der Waals surface area (Å²) in [5, 5.41) is 18.8. The highest BCUT2D eigenvalue weighted by Crippen LogP contribution is 2.29. The van der Waals surface area contributed by atoms with Crippen LogP contribution in [0.5, 0.6) is 0 Å². The Morgan fingerprint density at radius 1 is 1.14 bits per heavy atom. The monoisotopic (exact) mass is 194 g/mol. The number of aliphatic hydroxyl groups excluding tert-OH is 2. The van der Waals surface area contributed by atoms with Crippen molar-refractivity contribution in [2.75, 3.05) is 13.2 Å². The second-order valence-corrected chi connectivity index (χ2v) is 3.77. The third-order valence-electron chi connectivity index (χ3n) is 3.00. The molecule has 0 radical (unpaired) electrons. The number of aliphatic hydroxyl groups is 2. The summed E-state index contributed by atoms with van der Waals surface area (Å²) >= 11 is 0. The van der Waals surface area contributed by atoms with E-state index in [0.29, 0.717) is 0 Å². The summed E-state index contributed by atoms with van der Waals surface area (Å²) in [5.74, 6) is 0. The molecule has 0 unspecified atom stereocenters. The average Bonchev–Trinajstić information content (AvgIpc) is 2.24. The molecule has 1 rings (SSSR count). The van der Waals surface area contributed by atoms with E-state index in [1.807, 2.05) is 38.1 Å². The van der Waals surface area contributed by atoms with Crippen molar-refractivity contribution < 1.29 is 10.2 Å². The van der Waals surface area contributed by atoms with Gasteiger partial charge in [-0.05, 0) is 24.5 Å². The molecular formula is C12H18O2. The summed E-state index contributed by atoms with van der Waals surface area (Å²) < 4.78 is 0. The topological polar surface area (TPSA) is 40.5 Å². The molecule has 0 aliphatic heterocycles. The molecule has 78 valence electrons. The number of aryl methyl sites for hydroxylation is 1. The van der Waals surface area contributed by atoms with Crippen molar-refractivity contribution >= 4 is 0 Å². The molecule has 0 aliphatic carbocycles. The molecule has 0 aromatic heterocycles. The molecule has 0 spiro atoms. The zero-order chi connectivity index (χ0) is 10.6. The van der Waals surface area contributed by atoms with Gasteiger partial charge in [0.25, 0.3) is 0 Å². The van der Waals surface area contributed by atoms with Gasteiger partial charge < -0.3 is 10.2 Å². The minimum absolute atomic E-state index is 0.00907. The Morgan fingerprint density at radius 3 is 2.14 bits per heavy atom. The molecule has 1 aromatic carbocycles. The van der Waals surface area contributed by atoms with E-state index in [1.165, 1.54) is 0 Å². The number of hydrogen-bond donors (Lipinski definition) is 2. The third kappa shape index (κ3) is 1.81. The Labute approximate surface area is 85.2 Å². The minimum atomic E-state index is -0.481. The maximum Gasteiger partial charge on any atom is 0.0550 e. The van der Waals surface area contributed by atoms with Gasteiger partial charge in [-0.1, -0.05) is 31.2 Å². The number of hydrogen-bond acceptors (Lipinski definition) is 2. The van der Waals surface area contributed by atoms with E-state index in [9.17, 15) is 10.2 Å². The van der Waals surface area contributed by atoms with Crippen molar-refractivity contribution in [1.29, 1.82) is 0 Å². The molecular weight excluding hydrogens is 176 g/mol. The highest BCUT2D eigenvalue weighted by molar-refractivity contribution is 5.33. The van der Waals surface area contributed by atoms with Crippen LogP contribution in [0.25, 0.3) is 0 Å². The fourth-order valence-electron chi connectivity index (χ4n) is 1.80. The maximum atomic E-state index is 9.39. The lowest BCUT2D eigenvalue weighted by molar-refractivity contribution is 0.113. The summed E-state index contributed by atoms with van der Waals surface area (Å²) in [6.45, 7) is 3.97. The zero-order valence-corrected chi connectivity index (χ0v) is 8.83. The van der Waals surface area contributed by atoms with Crippen molar-refractivity contribution in [2.24, 2.45) is 0 Å². The SMILES string of the molecule is CCC(CO)(CO)c1ccccc1C.